The van der Waals surface area contributed by atoms with Crippen LogP contribution in [0.15, 0.2) is 30.3 Å². The summed E-state index contributed by atoms with van der Waals surface area (Å²) in [5.41, 5.74) is 6.81. The largest absolute Gasteiger partial charge is 0.393 e. The molecule has 1 aliphatic carbocycles. The molecule has 1 saturated carbocycles. The molecule has 3 N–H and O–H groups in total. The third-order valence-electron chi connectivity index (χ3n) is 3.88. The van der Waals surface area contributed by atoms with Gasteiger partial charge in [-0.05, 0) is 31.9 Å². The second-order valence-electron chi connectivity index (χ2n) is 5.65. The van der Waals surface area contributed by atoms with Crippen molar-refractivity contribution in [1.82, 2.24) is 10.2 Å². The molecule has 1 aromatic rings. The Morgan fingerprint density at radius 2 is 2.10 bits per heavy atom. The summed E-state index contributed by atoms with van der Waals surface area (Å²) in [6.07, 6.45) is 3.10. The molecule has 0 aliphatic heterocycles. The van der Waals surface area contributed by atoms with Crippen molar-refractivity contribution >= 4 is 23.1 Å². The van der Waals surface area contributed by atoms with Crippen LogP contribution in [0, 0.1) is 5.92 Å². The van der Waals surface area contributed by atoms with E-state index in [0.29, 0.717) is 19.0 Å². The van der Waals surface area contributed by atoms with Gasteiger partial charge in [0.2, 0.25) is 5.91 Å². The lowest BCUT2D eigenvalue weighted by Gasteiger charge is -2.19. The molecule has 0 aromatic heterocycles. The summed E-state index contributed by atoms with van der Waals surface area (Å²) < 4.78 is 0. The van der Waals surface area contributed by atoms with E-state index in [1.54, 1.807) is 0 Å². The molecule has 0 spiro atoms. The molecular weight excluding hydrogens is 282 g/mol. The lowest BCUT2D eigenvalue weighted by molar-refractivity contribution is -0.123. The van der Waals surface area contributed by atoms with Crippen LogP contribution in [0.4, 0.5) is 0 Å². The molecule has 114 valence electrons. The Morgan fingerprint density at radius 3 is 2.67 bits per heavy atom. The average Bonchev–Trinajstić information content (AvgIpc) is 3.30. The summed E-state index contributed by atoms with van der Waals surface area (Å²) in [5, 5.41) is 2.95. The maximum absolute atomic E-state index is 12.3. The quantitative estimate of drug-likeness (QED) is 0.712. The van der Waals surface area contributed by atoms with Crippen LogP contribution >= 0.6 is 12.2 Å². The standard InChI is InChI=1S/C16H23N3OS/c1-19(13-7-8-13)10-9-18-16(20)14(15(17)21)11-12-5-3-2-4-6-12/h2-6,13-14H,7-11H2,1H3,(H2,17,21)(H,18,20). The number of likely N-dealkylation sites (N-methyl/N-ethyl adjacent to an activating group) is 1. The van der Waals surface area contributed by atoms with Crippen LogP contribution in [0.5, 0.6) is 0 Å². The SMILES string of the molecule is CN(CCNC(=O)C(Cc1ccccc1)C(N)=S)C1CC1. The third kappa shape index (κ3) is 5.10. The molecule has 1 aliphatic rings. The topological polar surface area (TPSA) is 58.4 Å². The van der Waals surface area contributed by atoms with E-state index in [1.807, 2.05) is 30.3 Å². The van der Waals surface area contributed by atoms with E-state index in [2.05, 4.69) is 17.3 Å². The second kappa shape index (κ2) is 7.52. The molecule has 1 atom stereocenters. The van der Waals surface area contributed by atoms with Gasteiger partial charge in [-0.3, -0.25) is 4.79 Å². The average molecular weight is 305 g/mol. The first-order valence-corrected chi connectivity index (χ1v) is 7.80. The summed E-state index contributed by atoms with van der Waals surface area (Å²) in [6.45, 7) is 1.51. The summed E-state index contributed by atoms with van der Waals surface area (Å²) >= 11 is 5.05. The highest BCUT2D eigenvalue weighted by molar-refractivity contribution is 7.80. The van der Waals surface area contributed by atoms with Crippen molar-refractivity contribution in [1.29, 1.82) is 0 Å². The number of nitrogens with two attached hydrogens (primary N) is 1. The van der Waals surface area contributed by atoms with Crippen LogP contribution < -0.4 is 11.1 Å². The summed E-state index contributed by atoms with van der Waals surface area (Å²) in [7, 11) is 2.10. The van der Waals surface area contributed by atoms with Crippen LogP contribution in [0.2, 0.25) is 0 Å². The molecule has 2 rings (SSSR count). The molecule has 5 heteroatoms. The fraction of sp³-hybridized carbons (Fsp3) is 0.500. The van der Waals surface area contributed by atoms with E-state index in [4.69, 9.17) is 18.0 Å². The number of nitrogens with one attached hydrogen (secondary N) is 1. The van der Waals surface area contributed by atoms with Gasteiger partial charge in [0.05, 0.1) is 10.9 Å². The monoisotopic (exact) mass is 305 g/mol. The number of carbonyl (C=O) groups excluding carboxylic acids is 1. The van der Waals surface area contributed by atoms with Gasteiger partial charge in [-0.1, -0.05) is 42.5 Å². The minimum Gasteiger partial charge on any atom is -0.393 e. The molecule has 1 aromatic carbocycles. The van der Waals surface area contributed by atoms with Crippen LogP contribution in [0.25, 0.3) is 0 Å². The Hall–Kier alpha value is -1.46. The van der Waals surface area contributed by atoms with Gasteiger partial charge in [0.1, 0.15) is 0 Å². The van der Waals surface area contributed by atoms with Crippen LogP contribution in [0.1, 0.15) is 18.4 Å². The highest BCUT2D eigenvalue weighted by atomic mass is 32.1. The van der Waals surface area contributed by atoms with Crippen molar-refractivity contribution in [2.24, 2.45) is 11.7 Å². The van der Waals surface area contributed by atoms with Crippen LogP contribution in [-0.2, 0) is 11.2 Å². The molecule has 0 heterocycles. The van der Waals surface area contributed by atoms with Crippen molar-refractivity contribution < 1.29 is 4.79 Å². The minimum atomic E-state index is -0.436. The third-order valence-corrected chi connectivity index (χ3v) is 4.16. The molecule has 1 fully saturated rings. The van der Waals surface area contributed by atoms with Gasteiger partial charge in [-0.2, -0.15) is 0 Å². The van der Waals surface area contributed by atoms with Gasteiger partial charge in [-0.15, -0.1) is 0 Å². The zero-order chi connectivity index (χ0) is 15.2. The van der Waals surface area contributed by atoms with Gasteiger partial charge in [0, 0.05) is 19.1 Å². The number of nitrogens with zero attached hydrogens (tertiary/aromatic N) is 1. The summed E-state index contributed by atoms with van der Waals surface area (Å²) in [5.74, 6) is -0.510. The van der Waals surface area contributed by atoms with Crippen molar-refractivity contribution in [2.45, 2.75) is 25.3 Å². The van der Waals surface area contributed by atoms with Gasteiger partial charge in [0.15, 0.2) is 0 Å². The summed E-state index contributed by atoms with van der Waals surface area (Å²) in [6, 6.07) is 10.5. The van der Waals surface area contributed by atoms with Crippen molar-refractivity contribution in [2.75, 3.05) is 20.1 Å². The Balaban J connectivity index is 1.82. The van der Waals surface area contributed by atoms with Gasteiger partial charge >= 0.3 is 0 Å². The number of hydrogen-bond acceptors (Lipinski definition) is 3. The smallest absolute Gasteiger partial charge is 0.230 e. The van der Waals surface area contributed by atoms with E-state index in [1.165, 1.54) is 12.8 Å². The van der Waals surface area contributed by atoms with Crippen molar-refractivity contribution in [3.05, 3.63) is 35.9 Å². The first-order chi connectivity index (χ1) is 10.1. The van der Waals surface area contributed by atoms with E-state index in [9.17, 15) is 4.79 Å². The molecule has 1 amide bonds. The van der Waals surface area contributed by atoms with Gasteiger partial charge in [0.25, 0.3) is 0 Å². The second-order valence-corrected chi connectivity index (χ2v) is 6.12. The number of carbonyl (C=O) groups is 1. The van der Waals surface area contributed by atoms with Crippen LogP contribution in [-0.4, -0.2) is 42.0 Å². The molecule has 0 bridgehead atoms. The Kier molecular flexibility index (Phi) is 5.70. The van der Waals surface area contributed by atoms with E-state index >= 15 is 0 Å². The fourth-order valence-electron chi connectivity index (χ4n) is 2.35. The molecular formula is C16H23N3OS. The number of thiocarbonyl (C=S) groups is 1. The summed E-state index contributed by atoms with van der Waals surface area (Å²) in [4.78, 5) is 14.8. The zero-order valence-electron chi connectivity index (χ0n) is 12.4. The first kappa shape index (κ1) is 15.9. The zero-order valence-corrected chi connectivity index (χ0v) is 13.2. The molecule has 0 saturated heterocycles. The first-order valence-electron chi connectivity index (χ1n) is 7.39. The van der Waals surface area contributed by atoms with Crippen LogP contribution in [0.3, 0.4) is 0 Å². The Bertz CT molecular complexity index is 488. The van der Waals surface area contributed by atoms with Gasteiger partial charge in [-0.25, -0.2) is 0 Å². The molecule has 4 nitrogen and oxygen atoms in total. The maximum atomic E-state index is 12.3. The number of rotatable bonds is 8. The lowest BCUT2D eigenvalue weighted by Crippen LogP contribution is -2.42. The van der Waals surface area contributed by atoms with E-state index in [0.717, 1.165) is 12.1 Å². The number of amides is 1. The lowest BCUT2D eigenvalue weighted by atomic mass is 9.98. The highest BCUT2D eigenvalue weighted by Gasteiger charge is 2.26. The maximum Gasteiger partial charge on any atom is 0.230 e. The molecule has 1 unspecified atom stereocenters. The Morgan fingerprint density at radius 1 is 1.43 bits per heavy atom. The minimum absolute atomic E-state index is 0.0736. The van der Waals surface area contributed by atoms with Gasteiger partial charge < -0.3 is 16.0 Å². The predicted molar refractivity (Wildman–Crippen MR) is 89.1 cm³/mol. The van der Waals surface area contributed by atoms with Crippen molar-refractivity contribution in [3.8, 4) is 0 Å². The molecule has 21 heavy (non-hydrogen) atoms. The molecule has 0 radical (unpaired) electrons. The highest BCUT2D eigenvalue weighted by Crippen LogP contribution is 2.24. The fourth-order valence-corrected chi connectivity index (χ4v) is 2.54. The number of hydrogen-bond donors (Lipinski definition) is 2. The van der Waals surface area contributed by atoms with Crippen molar-refractivity contribution in [3.63, 3.8) is 0 Å². The normalized spacial score (nSPS) is 15.7. The van der Waals surface area contributed by atoms with E-state index < -0.39 is 5.92 Å². The number of benzene rings is 1. The van der Waals surface area contributed by atoms with E-state index in [-0.39, 0.29) is 10.9 Å². The Labute approximate surface area is 131 Å². The predicted octanol–water partition coefficient (Wildman–Crippen LogP) is 1.34.